The highest BCUT2D eigenvalue weighted by Gasteiger charge is 2.15. The molecular formula is C26H25N3O3. The molecule has 0 unspecified atom stereocenters. The molecule has 162 valence electrons. The largest absolute Gasteiger partial charge is 0.359 e. The Balaban J connectivity index is 1.89. The molecule has 0 aliphatic heterocycles. The van der Waals surface area contributed by atoms with E-state index in [1.54, 1.807) is 54.1 Å². The van der Waals surface area contributed by atoms with E-state index in [0.717, 1.165) is 22.3 Å². The zero-order chi connectivity index (χ0) is 22.8. The van der Waals surface area contributed by atoms with Crippen LogP contribution in [0, 0.1) is 13.8 Å². The number of para-hydroxylation sites is 1. The Morgan fingerprint density at radius 1 is 0.938 bits per heavy atom. The van der Waals surface area contributed by atoms with Crippen molar-refractivity contribution in [2.75, 3.05) is 7.05 Å². The maximum Gasteiger partial charge on any atom is 0.336 e. The lowest BCUT2D eigenvalue weighted by atomic mass is 10.1. The molecule has 0 atom stereocenters. The molecule has 1 aromatic heterocycles. The van der Waals surface area contributed by atoms with E-state index in [0.29, 0.717) is 23.1 Å². The summed E-state index contributed by atoms with van der Waals surface area (Å²) in [6.07, 6.45) is 0.236. The molecule has 6 heteroatoms. The number of fused-ring (bicyclic) bond motifs is 1. The number of aromatic nitrogens is 2. The molecule has 32 heavy (non-hydrogen) atoms. The fraction of sp³-hybridized carbons (Fsp3) is 0.192. The van der Waals surface area contributed by atoms with Gasteiger partial charge in [-0.25, -0.2) is 9.36 Å². The van der Waals surface area contributed by atoms with Crippen molar-refractivity contribution in [2.24, 2.45) is 0 Å². The minimum absolute atomic E-state index is 0.100. The van der Waals surface area contributed by atoms with Crippen molar-refractivity contribution < 1.29 is 4.79 Å². The quantitative estimate of drug-likeness (QED) is 0.532. The number of rotatable bonds is 5. The van der Waals surface area contributed by atoms with Crippen molar-refractivity contribution in [3.05, 3.63) is 110 Å². The van der Waals surface area contributed by atoms with Gasteiger partial charge in [-0.2, -0.15) is 0 Å². The first-order valence-corrected chi connectivity index (χ1v) is 10.5. The molecule has 1 amide bonds. The molecule has 4 rings (SSSR count). The van der Waals surface area contributed by atoms with Gasteiger partial charge in [0.15, 0.2) is 0 Å². The molecule has 4 aromatic rings. The maximum atomic E-state index is 13.6. The Kier molecular flexibility index (Phi) is 5.77. The van der Waals surface area contributed by atoms with Gasteiger partial charge in [-0.1, -0.05) is 48.0 Å². The number of aryl methyl sites for hydroxylation is 2. The van der Waals surface area contributed by atoms with Crippen LogP contribution in [0.4, 0.5) is 0 Å². The van der Waals surface area contributed by atoms with Gasteiger partial charge in [0.05, 0.1) is 29.6 Å². The second kappa shape index (κ2) is 8.67. The number of hydrogen-bond donors (Lipinski definition) is 1. The van der Waals surface area contributed by atoms with E-state index in [-0.39, 0.29) is 17.9 Å². The van der Waals surface area contributed by atoms with Crippen LogP contribution in [0.5, 0.6) is 0 Å². The van der Waals surface area contributed by atoms with E-state index in [4.69, 9.17) is 0 Å². The van der Waals surface area contributed by atoms with Crippen molar-refractivity contribution in [3.8, 4) is 5.69 Å². The molecule has 6 nitrogen and oxygen atoms in total. The zero-order valence-corrected chi connectivity index (χ0v) is 18.4. The predicted molar refractivity (Wildman–Crippen MR) is 127 cm³/mol. The van der Waals surface area contributed by atoms with Crippen molar-refractivity contribution in [3.63, 3.8) is 0 Å². The van der Waals surface area contributed by atoms with Crippen LogP contribution in [0.2, 0.25) is 0 Å². The maximum absolute atomic E-state index is 13.6. The van der Waals surface area contributed by atoms with Gasteiger partial charge >= 0.3 is 5.69 Å². The summed E-state index contributed by atoms with van der Waals surface area (Å²) in [5.41, 5.74) is 4.36. The van der Waals surface area contributed by atoms with Gasteiger partial charge in [0.1, 0.15) is 0 Å². The molecule has 0 radical (unpaired) electrons. The predicted octanol–water partition coefficient (Wildman–Crippen LogP) is 3.11. The van der Waals surface area contributed by atoms with Gasteiger partial charge in [0.2, 0.25) is 5.91 Å². The van der Waals surface area contributed by atoms with Crippen molar-refractivity contribution in [2.45, 2.75) is 26.8 Å². The monoisotopic (exact) mass is 427 g/mol. The summed E-state index contributed by atoms with van der Waals surface area (Å²) < 4.78 is 2.86. The van der Waals surface area contributed by atoms with Gasteiger partial charge in [-0.15, -0.1) is 0 Å². The Morgan fingerprint density at radius 3 is 2.38 bits per heavy atom. The second-order valence-corrected chi connectivity index (χ2v) is 7.97. The Hall–Kier alpha value is -3.93. The molecule has 0 fully saturated rings. The van der Waals surface area contributed by atoms with Gasteiger partial charge in [-0.3, -0.25) is 14.2 Å². The normalized spacial score (nSPS) is 11.0. The molecule has 0 aliphatic carbocycles. The highest BCUT2D eigenvalue weighted by molar-refractivity contribution is 5.79. The average Bonchev–Trinajstić information content (AvgIpc) is 2.80. The van der Waals surface area contributed by atoms with Crippen LogP contribution in [0.25, 0.3) is 16.6 Å². The zero-order valence-electron chi connectivity index (χ0n) is 18.4. The van der Waals surface area contributed by atoms with Gasteiger partial charge in [0.25, 0.3) is 5.56 Å². The van der Waals surface area contributed by atoms with E-state index in [9.17, 15) is 14.4 Å². The first-order chi connectivity index (χ1) is 15.4. The molecule has 0 spiro atoms. The van der Waals surface area contributed by atoms with Crippen molar-refractivity contribution in [1.82, 2.24) is 14.5 Å². The van der Waals surface area contributed by atoms with Gasteiger partial charge in [-0.05, 0) is 54.8 Å². The number of nitrogens with zero attached hydrogens (tertiary/aromatic N) is 2. The number of likely N-dealkylation sites (N-methyl/N-ethyl adjacent to an activating group) is 1. The Morgan fingerprint density at radius 2 is 1.66 bits per heavy atom. The summed E-state index contributed by atoms with van der Waals surface area (Å²) in [5, 5.41) is 3.07. The number of nitrogens with one attached hydrogen (secondary N) is 1. The smallest absolute Gasteiger partial charge is 0.336 e. The van der Waals surface area contributed by atoms with Crippen molar-refractivity contribution >= 4 is 16.8 Å². The topological polar surface area (TPSA) is 73.1 Å². The number of benzene rings is 3. The molecule has 0 saturated carbocycles. The summed E-state index contributed by atoms with van der Waals surface area (Å²) >= 11 is 0. The number of carbonyl (C=O) groups is 1. The van der Waals surface area contributed by atoms with Crippen LogP contribution >= 0.6 is 0 Å². The fourth-order valence-electron chi connectivity index (χ4n) is 3.88. The summed E-state index contributed by atoms with van der Waals surface area (Å²) in [6.45, 7) is 4.40. The van der Waals surface area contributed by atoms with Crippen LogP contribution in [0.3, 0.4) is 0 Å². The highest BCUT2D eigenvalue weighted by Crippen LogP contribution is 2.16. The number of carbonyl (C=O) groups excluding carboxylic acids is 1. The summed E-state index contributed by atoms with van der Waals surface area (Å²) in [4.78, 5) is 38.5. The highest BCUT2D eigenvalue weighted by atomic mass is 16.2. The van der Waals surface area contributed by atoms with Gasteiger partial charge < -0.3 is 5.32 Å². The van der Waals surface area contributed by atoms with Crippen LogP contribution < -0.4 is 16.6 Å². The standard InChI is InChI=1S/C26H25N3O3/c1-17-8-9-18(2)20(14-17)16-28-23-7-5-4-6-22(23)25(31)29(26(28)32)21-12-10-19(11-13-21)15-24(30)27-3/h4-14H,15-16H2,1-3H3,(H,27,30). The van der Waals surface area contributed by atoms with E-state index >= 15 is 0 Å². The lowest BCUT2D eigenvalue weighted by molar-refractivity contribution is -0.119. The third-order valence-electron chi connectivity index (χ3n) is 5.72. The lowest BCUT2D eigenvalue weighted by Gasteiger charge is -2.16. The van der Waals surface area contributed by atoms with E-state index < -0.39 is 5.69 Å². The van der Waals surface area contributed by atoms with Crippen molar-refractivity contribution in [1.29, 1.82) is 0 Å². The summed E-state index contributed by atoms with van der Waals surface area (Å²) in [5.74, 6) is -0.100. The molecule has 3 aromatic carbocycles. The molecule has 1 heterocycles. The van der Waals surface area contributed by atoms with Crippen LogP contribution in [0.1, 0.15) is 22.3 Å². The minimum atomic E-state index is -0.395. The van der Waals surface area contributed by atoms with E-state index in [2.05, 4.69) is 11.4 Å². The molecular weight excluding hydrogens is 402 g/mol. The molecule has 0 saturated heterocycles. The van der Waals surface area contributed by atoms with Crippen LogP contribution in [-0.2, 0) is 17.8 Å². The molecule has 1 N–H and O–H groups in total. The first-order valence-electron chi connectivity index (χ1n) is 10.5. The SMILES string of the molecule is CNC(=O)Cc1ccc(-n2c(=O)c3ccccc3n(Cc3cc(C)ccc3C)c2=O)cc1. The van der Waals surface area contributed by atoms with E-state index in [1.165, 1.54) is 4.57 Å². The van der Waals surface area contributed by atoms with E-state index in [1.807, 2.05) is 32.0 Å². The number of hydrogen-bond acceptors (Lipinski definition) is 3. The lowest BCUT2D eigenvalue weighted by Crippen LogP contribution is -2.39. The number of amides is 1. The minimum Gasteiger partial charge on any atom is -0.359 e. The van der Waals surface area contributed by atoms with Gasteiger partial charge in [0, 0.05) is 7.05 Å². The average molecular weight is 428 g/mol. The van der Waals surface area contributed by atoms with Crippen LogP contribution in [-0.4, -0.2) is 22.1 Å². The Labute approximate surface area is 185 Å². The third kappa shape index (κ3) is 3.99. The Bertz CT molecular complexity index is 1430. The summed E-state index contributed by atoms with van der Waals surface area (Å²) in [7, 11) is 1.59. The third-order valence-corrected chi connectivity index (χ3v) is 5.72. The summed E-state index contributed by atoms with van der Waals surface area (Å²) in [6, 6.07) is 20.3. The molecule has 0 bridgehead atoms. The molecule has 0 aliphatic rings. The van der Waals surface area contributed by atoms with Crippen LogP contribution in [0.15, 0.2) is 76.3 Å². The fourth-order valence-corrected chi connectivity index (χ4v) is 3.88. The second-order valence-electron chi connectivity index (χ2n) is 7.97. The first kappa shape index (κ1) is 21.3.